The number of ether oxygens (including phenoxy) is 1. The largest absolute Gasteiger partial charge is 0.488 e. The highest BCUT2D eigenvalue weighted by Crippen LogP contribution is 2.35. The van der Waals surface area contributed by atoms with E-state index in [0.717, 1.165) is 38.4 Å². The van der Waals surface area contributed by atoms with Gasteiger partial charge in [0.15, 0.2) is 0 Å². The van der Waals surface area contributed by atoms with E-state index in [2.05, 4.69) is 50.1 Å². The summed E-state index contributed by atoms with van der Waals surface area (Å²) < 4.78 is 21.2. The topological polar surface area (TPSA) is 28.3 Å². The second-order valence-electron chi connectivity index (χ2n) is 7.73. The molecule has 4 aromatic rings. The molecule has 0 amide bonds. The number of H-pyrrole nitrogens is 1. The summed E-state index contributed by atoms with van der Waals surface area (Å²) in [5, 5.41) is 1.93. The number of hydrogen-bond donors (Lipinski definition) is 1. The van der Waals surface area contributed by atoms with E-state index < -0.39 is 0 Å². The molecule has 0 aliphatic carbocycles. The van der Waals surface area contributed by atoms with Crippen molar-refractivity contribution in [2.75, 3.05) is 13.1 Å². The van der Waals surface area contributed by atoms with E-state index in [0.29, 0.717) is 12.4 Å². The number of likely N-dealkylation sites (tertiary alicyclic amines) is 1. The van der Waals surface area contributed by atoms with Crippen LogP contribution in [0.15, 0.2) is 59.1 Å². The molecule has 0 spiro atoms. The van der Waals surface area contributed by atoms with E-state index in [4.69, 9.17) is 4.74 Å². The van der Waals surface area contributed by atoms with Crippen molar-refractivity contribution in [1.82, 2.24) is 9.88 Å². The van der Waals surface area contributed by atoms with Crippen LogP contribution in [0.3, 0.4) is 0 Å². The van der Waals surface area contributed by atoms with Crippen molar-refractivity contribution < 1.29 is 9.13 Å². The fourth-order valence-corrected chi connectivity index (χ4v) is 4.51. The van der Waals surface area contributed by atoms with Crippen molar-refractivity contribution in [1.29, 1.82) is 0 Å². The Morgan fingerprint density at radius 2 is 1.69 bits per heavy atom. The number of aromatic amines is 1. The lowest BCUT2D eigenvalue weighted by molar-refractivity contribution is 0.308. The van der Waals surface area contributed by atoms with Gasteiger partial charge in [-0.1, -0.05) is 40.2 Å². The van der Waals surface area contributed by atoms with Gasteiger partial charge in [-0.25, -0.2) is 4.39 Å². The number of benzene rings is 3. The van der Waals surface area contributed by atoms with Gasteiger partial charge in [-0.3, -0.25) is 4.90 Å². The summed E-state index contributed by atoms with van der Waals surface area (Å²) in [5.74, 6) is 0.254. The second-order valence-corrected chi connectivity index (χ2v) is 8.65. The Morgan fingerprint density at radius 3 is 2.48 bits per heavy atom. The van der Waals surface area contributed by atoms with Crippen LogP contribution >= 0.6 is 15.9 Å². The molecular weight excluding hydrogens is 431 g/mol. The third-order valence-corrected chi connectivity index (χ3v) is 6.10. The average molecular weight is 453 g/mol. The monoisotopic (exact) mass is 452 g/mol. The molecule has 1 fully saturated rings. The molecule has 0 atom stereocenters. The lowest BCUT2D eigenvalue weighted by Crippen LogP contribution is -2.18. The third-order valence-electron chi connectivity index (χ3n) is 5.61. The van der Waals surface area contributed by atoms with Gasteiger partial charge in [0, 0.05) is 33.4 Å². The van der Waals surface area contributed by atoms with Crippen molar-refractivity contribution in [3.05, 3.63) is 76.0 Å². The van der Waals surface area contributed by atoms with E-state index >= 15 is 0 Å². The zero-order valence-corrected chi connectivity index (χ0v) is 17.6. The molecule has 29 heavy (non-hydrogen) atoms. The minimum Gasteiger partial charge on any atom is -0.488 e. The highest BCUT2D eigenvalue weighted by Gasteiger charge is 2.14. The van der Waals surface area contributed by atoms with E-state index in [1.807, 2.05) is 18.2 Å². The molecule has 5 heteroatoms. The molecule has 0 unspecified atom stereocenters. The van der Waals surface area contributed by atoms with Crippen LogP contribution in [0, 0.1) is 5.82 Å². The Labute approximate surface area is 177 Å². The lowest BCUT2D eigenvalue weighted by Gasteiger charge is -2.15. The summed E-state index contributed by atoms with van der Waals surface area (Å²) >= 11 is 3.52. The van der Waals surface area contributed by atoms with Crippen molar-refractivity contribution in [3.8, 4) is 5.75 Å². The van der Waals surface area contributed by atoms with Crippen LogP contribution < -0.4 is 4.74 Å². The number of aromatic nitrogens is 1. The van der Waals surface area contributed by atoms with Gasteiger partial charge in [-0.05, 0) is 61.3 Å². The molecular formula is C24H22BrFN2O. The van der Waals surface area contributed by atoms with E-state index in [1.54, 1.807) is 0 Å². The van der Waals surface area contributed by atoms with Gasteiger partial charge in [0.25, 0.3) is 0 Å². The van der Waals surface area contributed by atoms with Crippen LogP contribution in [0.5, 0.6) is 5.75 Å². The SMILES string of the molecule is Fc1cc(OCc2ccc(CN3CCCC3)cc2)c2c(c1)[nH]c1ccc(Br)cc12. The maximum absolute atomic E-state index is 14.2. The zero-order valence-electron chi connectivity index (χ0n) is 16.1. The quantitative estimate of drug-likeness (QED) is 0.379. The summed E-state index contributed by atoms with van der Waals surface area (Å²) in [6.45, 7) is 3.81. The normalized spacial score (nSPS) is 14.8. The van der Waals surface area contributed by atoms with E-state index in [1.165, 1.54) is 43.6 Å². The first-order valence-electron chi connectivity index (χ1n) is 9.99. The summed E-state index contributed by atoms with van der Waals surface area (Å²) in [4.78, 5) is 5.77. The highest BCUT2D eigenvalue weighted by atomic mass is 79.9. The van der Waals surface area contributed by atoms with Crippen molar-refractivity contribution in [2.24, 2.45) is 0 Å². The molecule has 0 bridgehead atoms. The predicted octanol–water partition coefficient (Wildman–Crippen LogP) is 6.40. The highest BCUT2D eigenvalue weighted by molar-refractivity contribution is 9.10. The number of nitrogens with zero attached hydrogens (tertiary/aromatic N) is 1. The summed E-state index contributed by atoms with van der Waals surface area (Å²) in [6.07, 6.45) is 2.61. The van der Waals surface area contributed by atoms with Crippen LogP contribution in [0.1, 0.15) is 24.0 Å². The molecule has 2 heterocycles. The number of rotatable bonds is 5. The molecule has 1 N–H and O–H groups in total. The number of fused-ring (bicyclic) bond motifs is 3. The molecule has 1 aliphatic rings. The fraction of sp³-hybridized carbons (Fsp3) is 0.250. The molecule has 3 aromatic carbocycles. The Hall–Kier alpha value is -2.37. The van der Waals surface area contributed by atoms with Crippen LogP contribution in [-0.4, -0.2) is 23.0 Å². The van der Waals surface area contributed by atoms with Gasteiger partial charge >= 0.3 is 0 Å². The van der Waals surface area contributed by atoms with Crippen LogP contribution in [0.2, 0.25) is 0 Å². The Bertz CT molecular complexity index is 1160. The summed E-state index contributed by atoms with van der Waals surface area (Å²) in [5.41, 5.74) is 4.11. The van der Waals surface area contributed by atoms with Crippen molar-refractivity contribution in [2.45, 2.75) is 26.0 Å². The van der Waals surface area contributed by atoms with Crippen LogP contribution in [0.4, 0.5) is 4.39 Å². The van der Waals surface area contributed by atoms with Gasteiger partial charge in [-0.2, -0.15) is 0 Å². The van der Waals surface area contributed by atoms with E-state index in [9.17, 15) is 4.39 Å². The van der Waals surface area contributed by atoms with Crippen molar-refractivity contribution >= 4 is 37.7 Å². The van der Waals surface area contributed by atoms with Gasteiger partial charge in [0.1, 0.15) is 18.2 Å². The first-order chi connectivity index (χ1) is 14.2. The van der Waals surface area contributed by atoms with Crippen molar-refractivity contribution in [3.63, 3.8) is 0 Å². The standard InChI is InChI=1S/C24H22BrFN2O/c25-18-7-8-21-20(11-18)24-22(27-21)12-19(26)13-23(24)29-15-17-5-3-16(4-6-17)14-28-9-1-2-10-28/h3-8,11-13,27H,1-2,9-10,14-15H2. The number of halogens is 2. The smallest absolute Gasteiger partial charge is 0.132 e. The maximum atomic E-state index is 14.2. The zero-order chi connectivity index (χ0) is 19.8. The minimum atomic E-state index is -0.306. The molecule has 5 rings (SSSR count). The lowest BCUT2D eigenvalue weighted by atomic mass is 10.1. The fourth-order valence-electron chi connectivity index (χ4n) is 4.15. The molecule has 0 radical (unpaired) electrons. The molecule has 3 nitrogen and oxygen atoms in total. The Morgan fingerprint density at radius 1 is 0.931 bits per heavy atom. The van der Waals surface area contributed by atoms with Gasteiger partial charge in [0.05, 0.1) is 5.52 Å². The molecule has 1 saturated heterocycles. The predicted molar refractivity (Wildman–Crippen MR) is 119 cm³/mol. The molecule has 148 valence electrons. The van der Waals surface area contributed by atoms with Gasteiger partial charge in [-0.15, -0.1) is 0 Å². The summed E-state index contributed by atoms with van der Waals surface area (Å²) in [6, 6.07) is 17.5. The molecule has 1 aliphatic heterocycles. The first-order valence-corrected chi connectivity index (χ1v) is 10.8. The van der Waals surface area contributed by atoms with Crippen LogP contribution in [-0.2, 0) is 13.2 Å². The number of hydrogen-bond acceptors (Lipinski definition) is 2. The number of nitrogens with one attached hydrogen (secondary N) is 1. The molecule has 1 aromatic heterocycles. The van der Waals surface area contributed by atoms with Gasteiger partial charge < -0.3 is 9.72 Å². The van der Waals surface area contributed by atoms with Crippen LogP contribution in [0.25, 0.3) is 21.8 Å². The average Bonchev–Trinajstić information content (AvgIpc) is 3.34. The summed E-state index contributed by atoms with van der Waals surface area (Å²) in [7, 11) is 0. The Balaban J connectivity index is 1.38. The van der Waals surface area contributed by atoms with E-state index in [-0.39, 0.29) is 5.82 Å². The first kappa shape index (κ1) is 18.6. The maximum Gasteiger partial charge on any atom is 0.132 e. The molecule has 0 saturated carbocycles. The second kappa shape index (κ2) is 7.81. The van der Waals surface area contributed by atoms with Gasteiger partial charge in [0.2, 0.25) is 0 Å². The third kappa shape index (κ3) is 3.89. The minimum absolute atomic E-state index is 0.306. The Kier molecular flexibility index (Phi) is 5.02.